The van der Waals surface area contributed by atoms with Gasteiger partial charge in [0.05, 0.1) is 12.1 Å². The molecule has 23 heavy (non-hydrogen) atoms. The Hall–Kier alpha value is -1.26. The van der Waals surface area contributed by atoms with Crippen molar-refractivity contribution in [1.82, 2.24) is 9.88 Å². The van der Waals surface area contributed by atoms with Crippen LogP contribution in [-0.4, -0.2) is 42.1 Å². The minimum atomic E-state index is -4.39. The van der Waals surface area contributed by atoms with Crippen LogP contribution in [-0.2, 0) is 6.18 Å². The van der Waals surface area contributed by atoms with Crippen molar-refractivity contribution < 1.29 is 17.9 Å². The fourth-order valence-corrected chi connectivity index (χ4v) is 2.17. The molecule has 2 heterocycles. The molecule has 0 amide bonds. The number of nitrogens with two attached hydrogens (primary N) is 1. The van der Waals surface area contributed by atoms with Crippen molar-refractivity contribution in [2.45, 2.75) is 25.4 Å². The predicted molar refractivity (Wildman–Crippen MR) is 92.1 cm³/mol. The van der Waals surface area contributed by atoms with Gasteiger partial charge < -0.3 is 15.4 Å². The molecule has 1 aliphatic heterocycles. The van der Waals surface area contributed by atoms with Gasteiger partial charge in [0.2, 0.25) is 5.88 Å². The number of likely N-dealkylation sites (tertiary alicyclic amines) is 1. The number of ether oxygens (including phenoxy) is 1. The maximum atomic E-state index is 12.4. The van der Waals surface area contributed by atoms with E-state index in [1.165, 1.54) is 12.5 Å². The Morgan fingerprint density at radius 2 is 1.96 bits per heavy atom. The molecule has 0 radical (unpaired) electrons. The number of alkyl halides is 3. The number of aromatic nitrogens is 1. The Kier molecular flexibility index (Phi) is 7.86. The van der Waals surface area contributed by atoms with Crippen LogP contribution in [0.3, 0.4) is 0 Å². The molecule has 0 unspecified atom stereocenters. The molecule has 0 saturated carbocycles. The molecule has 0 aliphatic carbocycles. The normalized spacial score (nSPS) is 16.0. The van der Waals surface area contributed by atoms with E-state index in [0.29, 0.717) is 12.5 Å². The van der Waals surface area contributed by atoms with E-state index in [1.807, 2.05) is 4.90 Å². The zero-order valence-electron chi connectivity index (χ0n) is 12.6. The van der Waals surface area contributed by atoms with E-state index in [2.05, 4.69) is 9.98 Å². The van der Waals surface area contributed by atoms with Gasteiger partial charge in [-0.2, -0.15) is 13.2 Å². The number of hydrogen-bond acceptors (Lipinski definition) is 3. The van der Waals surface area contributed by atoms with Crippen LogP contribution in [0.1, 0.15) is 24.8 Å². The van der Waals surface area contributed by atoms with Crippen LogP contribution in [0.25, 0.3) is 0 Å². The van der Waals surface area contributed by atoms with E-state index >= 15 is 0 Å². The molecule has 5 nitrogen and oxygen atoms in total. The maximum Gasteiger partial charge on any atom is 0.417 e. The van der Waals surface area contributed by atoms with Gasteiger partial charge in [0.15, 0.2) is 5.96 Å². The lowest BCUT2D eigenvalue weighted by Crippen LogP contribution is -2.41. The fraction of sp³-hybridized carbons (Fsp3) is 0.571. The van der Waals surface area contributed by atoms with E-state index in [1.54, 1.807) is 0 Å². The average molecular weight is 444 g/mol. The van der Waals surface area contributed by atoms with Crippen LogP contribution in [0.2, 0.25) is 0 Å². The first kappa shape index (κ1) is 19.8. The van der Waals surface area contributed by atoms with Crippen molar-refractivity contribution in [3.8, 4) is 5.88 Å². The van der Waals surface area contributed by atoms with Gasteiger partial charge in [0.1, 0.15) is 6.61 Å². The van der Waals surface area contributed by atoms with Gasteiger partial charge in [-0.1, -0.05) is 0 Å². The molecule has 9 heteroatoms. The molecular weight excluding hydrogens is 424 g/mol. The van der Waals surface area contributed by atoms with Gasteiger partial charge in [-0.05, 0) is 25.3 Å². The topological polar surface area (TPSA) is 63.7 Å². The molecule has 130 valence electrons. The lowest BCUT2D eigenvalue weighted by Gasteiger charge is -2.27. The predicted octanol–water partition coefficient (Wildman–Crippen LogP) is 2.90. The van der Waals surface area contributed by atoms with Crippen molar-refractivity contribution in [1.29, 1.82) is 0 Å². The Labute approximate surface area is 150 Å². The van der Waals surface area contributed by atoms with Gasteiger partial charge >= 0.3 is 6.18 Å². The van der Waals surface area contributed by atoms with Gasteiger partial charge in [0, 0.05) is 25.4 Å². The third-order valence-electron chi connectivity index (χ3n) is 3.36. The molecule has 0 spiro atoms. The Bertz CT molecular complexity index is 502. The summed E-state index contributed by atoms with van der Waals surface area (Å²) in [6.45, 7) is 2.38. The number of aliphatic imine (C=N–C) groups is 1. The van der Waals surface area contributed by atoms with E-state index in [4.69, 9.17) is 10.5 Å². The summed E-state index contributed by atoms with van der Waals surface area (Å²) in [5.41, 5.74) is 5.08. The molecule has 1 saturated heterocycles. The zero-order valence-corrected chi connectivity index (χ0v) is 14.9. The third kappa shape index (κ3) is 6.40. The summed E-state index contributed by atoms with van der Waals surface area (Å²) >= 11 is 0. The average Bonchev–Trinajstić information content (AvgIpc) is 2.52. The number of halogens is 4. The molecule has 2 N–H and O–H groups in total. The van der Waals surface area contributed by atoms with E-state index < -0.39 is 11.7 Å². The minimum Gasteiger partial charge on any atom is -0.476 e. The third-order valence-corrected chi connectivity index (χ3v) is 3.36. The van der Waals surface area contributed by atoms with Crippen molar-refractivity contribution in [2.24, 2.45) is 10.7 Å². The Morgan fingerprint density at radius 3 is 2.52 bits per heavy atom. The Morgan fingerprint density at radius 1 is 1.26 bits per heavy atom. The molecule has 2 rings (SSSR count). The molecule has 0 aromatic carbocycles. The van der Waals surface area contributed by atoms with Crippen LogP contribution in [0, 0.1) is 0 Å². The molecule has 1 aliphatic rings. The summed E-state index contributed by atoms with van der Waals surface area (Å²) in [6, 6.07) is 2.13. The standard InChI is InChI=1S/C14H19F3N4O.HI/c15-14(16,17)11-4-5-12(20-10-11)22-9-6-19-13(18)21-7-2-1-3-8-21;/h4-5,10H,1-3,6-9H2,(H2,18,19);1H. The molecule has 0 bridgehead atoms. The number of guanidine groups is 1. The number of pyridine rings is 1. The monoisotopic (exact) mass is 444 g/mol. The van der Waals surface area contributed by atoms with Crippen molar-refractivity contribution in [3.05, 3.63) is 23.9 Å². The summed E-state index contributed by atoms with van der Waals surface area (Å²) in [4.78, 5) is 9.85. The molecule has 0 atom stereocenters. The van der Waals surface area contributed by atoms with Crippen LogP contribution < -0.4 is 10.5 Å². The van der Waals surface area contributed by atoms with Crippen LogP contribution in [0.15, 0.2) is 23.3 Å². The second-order valence-corrected chi connectivity index (χ2v) is 5.02. The molecule has 1 aromatic rings. The maximum absolute atomic E-state index is 12.4. The minimum absolute atomic E-state index is 0. The van der Waals surface area contributed by atoms with Crippen LogP contribution in [0.5, 0.6) is 5.88 Å². The molecule has 1 aromatic heterocycles. The largest absolute Gasteiger partial charge is 0.476 e. The number of hydrogen-bond donors (Lipinski definition) is 1. The SMILES string of the molecule is I.NC(=NCCOc1ccc(C(F)(F)F)cn1)N1CCCCC1. The van der Waals surface area contributed by atoms with Gasteiger partial charge in [0.25, 0.3) is 0 Å². The lowest BCUT2D eigenvalue weighted by molar-refractivity contribution is -0.137. The number of nitrogens with zero attached hydrogens (tertiary/aromatic N) is 3. The summed E-state index contributed by atoms with van der Waals surface area (Å²) in [7, 11) is 0. The Balaban J connectivity index is 0.00000264. The highest BCUT2D eigenvalue weighted by Gasteiger charge is 2.30. The first-order valence-corrected chi connectivity index (χ1v) is 7.18. The highest BCUT2D eigenvalue weighted by atomic mass is 127. The summed E-state index contributed by atoms with van der Waals surface area (Å²) < 4.78 is 42.4. The highest BCUT2D eigenvalue weighted by Crippen LogP contribution is 2.29. The first-order chi connectivity index (χ1) is 10.5. The van der Waals surface area contributed by atoms with E-state index in [9.17, 15) is 13.2 Å². The van der Waals surface area contributed by atoms with E-state index in [0.717, 1.165) is 38.2 Å². The van der Waals surface area contributed by atoms with Gasteiger partial charge in [-0.3, -0.25) is 0 Å². The summed E-state index contributed by atoms with van der Waals surface area (Å²) in [6.07, 6.45) is -0.198. The number of rotatable bonds is 4. The van der Waals surface area contributed by atoms with Gasteiger partial charge in [-0.15, -0.1) is 24.0 Å². The van der Waals surface area contributed by atoms with Crippen molar-refractivity contribution in [2.75, 3.05) is 26.2 Å². The van der Waals surface area contributed by atoms with Crippen LogP contribution in [0.4, 0.5) is 13.2 Å². The fourth-order valence-electron chi connectivity index (χ4n) is 2.17. The second kappa shape index (κ2) is 9.14. The summed E-state index contributed by atoms with van der Waals surface area (Å²) in [5.74, 6) is 0.628. The van der Waals surface area contributed by atoms with Gasteiger partial charge in [-0.25, -0.2) is 9.98 Å². The van der Waals surface area contributed by atoms with E-state index in [-0.39, 0.29) is 36.5 Å². The van der Waals surface area contributed by atoms with Crippen LogP contribution >= 0.6 is 24.0 Å². The smallest absolute Gasteiger partial charge is 0.417 e. The molecular formula is C14H20F3IN4O. The second-order valence-electron chi connectivity index (χ2n) is 5.02. The lowest BCUT2D eigenvalue weighted by atomic mass is 10.1. The first-order valence-electron chi connectivity index (χ1n) is 7.18. The highest BCUT2D eigenvalue weighted by molar-refractivity contribution is 14.0. The summed E-state index contributed by atoms with van der Waals surface area (Å²) in [5, 5.41) is 0. The quantitative estimate of drug-likeness (QED) is 0.336. The van der Waals surface area contributed by atoms with Crippen molar-refractivity contribution in [3.63, 3.8) is 0 Å². The molecule has 1 fully saturated rings. The zero-order chi connectivity index (χ0) is 16.0. The number of piperidine rings is 1. The van der Waals surface area contributed by atoms with Crippen molar-refractivity contribution >= 4 is 29.9 Å².